The molecule has 86 valence electrons. The summed E-state index contributed by atoms with van der Waals surface area (Å²) in [5.41, 5.74) is 2.12. The SMILES string of the molecule is C=C1COc2ccccc2N1CCCOC. The van der Waals surface area contributed by atoms with Gasteiger partial charge in [0.25, 0.3) is 0 Å². The van der Waals surface area contributed by atoms with Gasteiger partial charge in [0.1, 0.15) is 12.4 Å². The van der Waals surface area contributed by atoms with Crippen molar-refractivity contribution in [3.8, 4) is 5.75 Å². The Balaban J connectivity index is 2.13. The zero-order valence-electron chi connectivity index (χ0n) is 9.61. The zero-order valence-corrected chi connectivity index (χ0v) is 9.61. The number of methoxy groups -OCH3 is 1. The number of rotatable bonds is 4. The first-order chi connectivity index (χ1) is 7.83. The second-order valence-corrected chi connectivity index (χ2v) is 3.82. The van der Waals surface area contributed by atoms with E-state index in [4.69, 9.17) is 9.47 Å². The molecule has 1 heterocycles. The average Bonchev–Trinajstić information content (AvgIpc) is 2.32. The van der Waals surface area contributed by atoms with Crippen LogP contribution in [0.25, 0.3) is 0 Å². The monoisotopic (exact) mass is 219 g/mol. The number of nitrogens with zero attached hydrogens (tertiary/aromatic N) is 1. The minimum absolute atomic E-state index is 0.573. The first kappa shape index (κ1) is 11.0. The van der Waals surface area contributed by atoms with E-state index >= 15 is 0 Å². The van der Waals surface area contributed by atoms with E-state index in [2.05, 4.69) is 17.5 Å². The Labute approximate surface area is 96.3 Å². The van der Waals surface area contributed by atoms with Gasteiger partial charge in [0.05, 0.1) is 5.69 Å². The van der Waals surface area contributed by atoms with Crippen molar-refractivity contribution in [1.29, 1.82) is 0 Å². The first-order valence-corrected chi connectivity index (χ1v) is 5.49. The molecule has 1 aliphatic heterocycles. The fourth-order valence-electron chi connectivity index (χ4n) is 1.86. The molecule has 0 spiro atoms. The molecule has 0 aromatic heterocycles. The molecule has 16 heavy (non-hydrogen) atoms. The number of hydrogen-bond acceptors (Lipinski definition) is 3. The highest BCUT2D eigenvalue weighted by atomic mass is 16.5. The summed E-state index contributed by atoms with van der Waals surface area (Å²) in [6.07, 6.45) is 0.990. The summed E-state index contributed by atoms with van der Waals surface area (Å²) in [6, 6.07) is 8.06. The lowest BCUT2D eigenvalue weighted by Gasteiger charge is -2.32. The number of hydrogen-bond donors (Lipinski definition) is 0. The van der Waals surface area contributed by atoms with Gasteiger partial charge in [0, 0.05) is 26.0 Å². The largest absolute Gasteiger partial charge is 0.485 e. The van der Waals surface area contributed by atoms with Crippen molar-refractivity contribution in [1.82, 2.24) is 0 Å². The molecule has 3 nitrogen and oxygen atoms in total. The molecule has 0 radical (unpaired) electrons. The van der Waals surface area contributed by atoms with Crippen LogP contribution in [0.1, 0.15) is 6.42 Å². The third-order valence-corrected chi connectivity index (χ3v) is 2.66. The molecular formula is C13H17NO2. The fraction of sp³-hybridized carbons (Fsp3) is 0.385. The van der Waals surface area contributed by atoms with Gasteiger partial charge in [0.2, 0.25) is 0 Å². The zero-order chi connectivity index (χ0) is 11.4. The van der Waals surface area contributed by atoms with Crippen molar-refractivity contribution < 1.29 is 9.47 Å². The summed E-state index contributed by atoms with van der Waals surface area (Å²) in [6.45, 7) is 6.30. The van der Waals surface area contributed by atoms with Crippen LogP contribution in [0.5, 0.6) is 5.75 Å². The summed E-state index contributed by atoms with van der Waals surface area (Å²) in [5.74, 6) is 0.937. The van der Waals surface area contributed by atoms with Crippen LogP contribution in [-0.2, 0) is 4.74 Å². The average molecular weight is 219 g/mol. The van der Waals surface area contributed by atoms with E-state index in [0.717, 1.165) is 36.7 Å². The van der Waals surface area contributed by atoms with Crippen molar-refractivity contribution in [2.24, 2.45) is 0 Å². The Hall–Kier alpha value is -1.48. The van der Waals surface area contributed by atoms with Crippen LogP contribution in [-0.4, -0.2) is 26.9 Å². The predicted molar refractivity (Wildman–Crippen MR) is 64.9 cm³/mol. The Bertz CT molecular complexity index is 376. The van der Waals surface area contributed by atoms with E-state index in [1.165, 1.54) is 0 Å². The van der Waals surface area contributed by atoms with Crippen molar-refractivity contribution >= 4 is 5.69 Å². The van der Waals surface area contributed by atoms with Crippen LogP contribution in [0.15, 0.2) is 36.5 Å². The van der Waals surface area contributed by atoms with Crippen molar-refractivity contribution in [2.45, 2.75) is 6.42 Å². The second-order valence-electron chi connectivity index (χ2n) is 3.82. The molecule has 0 fully saturated rings. The molecule has 2 rings (SSSR count). The minimum atomic E-state index is 0.573. The van der Waals surface area contributed by atoms with Crippen LogP contribution in [0.3, 0.4) is 0 Å². The van der Waals surface area contributed by atoms with Gasteiger partial charge in [-0.2, -0.15) is 0 Å². The molecule has 0 saturated carbocycles. The van der Waals surface area contributed by atoms with Gasteiger partial charge in [-0.3, -0.25) is 0 Å². The quantitative estimate of drug-likeness (QED) is 0.726. The number of fused-ring (bicyclic) bond motifs is 1. The van der Waals surface area contributed by atoms with Gasteiger partial charge in [-0.15, -0.1) is 0 Å². The van der Waals surface area contributed by atoms with E-state index in [9.17, 15) is 0 Å². The maximum atomic E-state index is 5.60. The van der Waals surface area contributed by atoms with Crippen molar-refractivity contribution in [2.75, 3.05) is 31.8 Å². The highest BCUT2D eigenvalue weighted by molar-refractivity contribution is 5.63. The molecule has 0 saturated heterocycles. The fourth-order valence-corrected chi connectivity index (χ4v) is 1.86. The Morgan fingerprint density at radius 2 is 2.25 bits per heavy atom. The molecule has 3 heteroatoms. The topological polar surface area (TPSA) is 21.7 Å². The Morgan fingerprint density at radius 3 is 3.06 bits per heavy atom. The van der Waals surface area contributed by atoms with Crippen LogP contribution in [0.2, 0.25) is 0 Å². The number of benzene rings is 1. The van der Waals surface area contributed by atoms with E-state index in [-0.39, 0.29) is 0 Å². The lowest BCUT2D eigenvalue weighted by Crippen LogP contribution is -2.31. The first-order valence-electron chi connectivity index (χ1n) is 5.49. The highest BCUT2D eigenvalue weighted by Gasteiger charge is 2.19. The standard InChI is InChI=1S/C13H17NO2/c1-11-10-16-13-7-4-3-6-12(13)14(11)8-5-9-15-2/h3-4,6-7H,1,5,8-10H2,2H3. The number of para-hydroxylation sites is 2. The predicted octanol–water partition coefficient (Wildman–Crippen LogP) is 2.44. The van der Waals surface area contributed by atoms with Gasteiger partial charge < -0.3 is 14.4 Å². The summed E-state index contributed by atoms with van der Waals surface area (Å²) < 4.78 is 10.7. The lowest BCUT2D eigenvalue weighted by molar-refractivity contribution is 0.196. The minimum Gasteiger partial charge on any atom is -0.485 e. The molecular weight excluding hydrogens is 202 g/mol. The molecule has 1 aliphatic rings. The molecule has 0 N–H and O–H groups in total. The summed E-state index contributed by atoms with van der Waals surface area (Å²) >= 11 is 0. The molecule has 0 bridgehead atoms. The van der Waals surface area contributed by atoms with E-state index in [1.54, 1.807) is 7.11 Å². The Morgan fingerprint density at radius 1 is 1.44 bits per heavy atom. The molecule has 0 unspecified atom stereocenters. The van der Waals surface area contributed by atoms with Gasteiger partial charge >= 0.3 is 0 Å². The molecule has 1 aromatic rings. The van der Waals surface area contributed by atoms with Crippen molar-refractivity contribution in [3.05, 3.63) is 36.5 Å². The highest BCUT2D eigenvalue weighted by Crippen LogP contribution is 2.34. The molecule has 0 atom stereocenters. The van der Waals surface area contributed by atoms with Crippen LogP contribution >= 0.6 is 0 Å². The number of anilines is 1. The maximum absolute atomic E-state index is 5.60. The van der Waals surface area contributed by atoms with E-state index < -0.39 is 0 Å². The lowest BCUT2D eigenvalue weighted by atomic mass is 10.2. The second kappa shape index (κ2) is 5.03. The van der Waals surface area contributed by atoms with E-state index in [0.29, 0.717) is 6.61 Å². The summed E-state index contributed by atoms with van der Waals surface area (Å²) in [7, 11) is 1.72. The molecule has 0 amide bonds. The van der Waals surface area contributed by atoms with Crippen LogP contribution in [0, 0.1) is 0 Å². The van der Waals surface area contributed by atoms with Gasteiger partial charge in [-0.1, -0.05) is 18.7 Å². The smallest absolute Gasteiger partial charge is 0.143 e. The van der Waals surface area contributed by atoms with Gasteiger partial charge in [0.15, 0.2) is 0 Å². The maximum Gasteiger partial charge on any atom is 0.143 e. The summed E-state index contributed by atoms with van der Waals surface area (Å²) in [4.78, 5) is 2.21. The van der Waals surface area contributed by atoms with Crippen LogP contribution < -0.4 is 9.64 Å². The van der Waals surface area contributed by atoms with Crippen LogP contribution in [0.4, 0.5) is 5.69 Å². The number of ether oxygens (including phenoxy) is 2. The summed E-state index contributed by atoms with van der Waals surface area (Å²) in [5, 5.41) is 0. The normalized spacial score (nSPS) is 14.6. The third-order valence-electron chi connectivity index (χ3n) is 2.66. The molecule has 1 aromatic carbocycles. The third kappa shape index (κ3) is 2.19. The van der Waals surface area contributed by atoms with Crippen molar-refractivity contribution in [3.63, 3.8) is 0 Å². The Kier molecular flexibility index (Phi) is 3.47. The van der Waals surface area contributed by atoms with E-state index in [1.807, 2.05) is 18.2 Å². The van der Waals surface area contributed by atoms with Gasteiger partial charge in [-0.05, 0) is 18.6 Å². The van der Waals surface area contributed by atoms with Gasteiger partial charge in [-0.25, -0.2) is 0 Å². The molecule has 0 aliphatic carbocycles.